The standard InChI is InChI=1S/C39H35N3O6S/c1-46-31-18-10-12-26(20-31)21-35(42-37(43)28-15-8-5-9-16-28)38(44)40-29-17-11-19-34(24-29)49-36(27-13-6-4-7-14-27)39(45)41-30-22-32(47-2)25-33(23-30)48-3/h4-25,36H,1-3H3,(H,40,44)(H,41,45)(H,42,43)/b35-21-. The van der Waals surface area contributed by atoms with Gasteiger partial charge in [0.05, 0.1) is 21.3 Å². The summed E-state index contributed by atoms with van der Waals surface area (Å²) in [6, 6.07) is 37.6. The van der Waals surface area contributed by atoms with Gasteiger partial charge in [0.25, 0.3) is 11.8 Å². The number of rotatable bonds is 13. The van der Waals surface area contributed by atoms with Crippen molar-refractivity contribution < 1.29 is 28.6 Å². The summed E-state index contributed by atoms with van der Waals surface area (Å²) in [6.45, 7) is 0. The average Bonchev–Trinajstić information content (AvgIpc) is 3.14. The second-order valence-electron chi connectivity index (χ2n) is 10.6. The second-order valence-corrected chi connectivity index (χ2v) is 11.8. The Bertz CT molecular complexity index is 1930. The lowest BCUT2D eigenvalue weighted by Gasteiger charge is -2.18. The van der Waals surface area contributed by atoms with Gasteiger partial charge < -0.3 is 30.2 Å². The second kappa shape index (κ2) is 16.7. The van der Waals surface area contributed by atoms with E-state index in [4.69, 9.17) is 14.2 Å². The quantitative estimate of drug-likeness (QED) is 0.0872. The highest BCUT2D eigenvalue weighted by atomic mass is 32.2. The van der Waals surface area contributed by atoms with Crippen LogP contribution in [0.25, 0.3) is 6.08 Å². The van der Waals surface area contributed by atoms with Crippen LogP contribution in [0.15, 0.2) is 138 Å². The van der Waals surface area contributed by atoms with Crippen LogP contribution in [0.4, 0.5) is 11.4 Å². The summed E-state index contributed by atoms with van der Waals surface area (Å²) >= 11 is 1.33. The minimum Gasteiger partial charge on any atom is -0.497 e. The van der Waals surface area contributed by atoms with E-state index < -0.39 is 17.1 Å². The van der Waals surface area contributed by atoms with Crippen molar-refractivity contribution >= 4 is 46.9 Å². The molecule has 0 radical (unpaired) electrons. The number of carbonyl (C=O) groups is 3. The molecule has 5 aromatic carbocycles. The predicted molar refractivity (Wildman–Crippen MR) is 193 cm³/mol. The number of anilines is 2. The summed E-state index contributed by atoms with van der Waals surface area (Å²) in [5.74, 6) is 0.477. The van der Waals surface area contributed by atoms with Gasteiger partial charge in [-0.15, -0.1) is 11.8 Å². The first kappa shape index (κ1) is 34.3. The molecule has 0 heterocycles. The lowest BCUT2D eigenvalue weighted by atomic mass is 10.1. The lowest BCUT2D eigenvalue weighted by Crippen LogP contribution is -2.30. The van der Waals surface area contributed by atoms with Gasteiger partial charge in [0.1, 0.15) is 28.2 Å². The number of ether oxygens (including phenoxy) is 3. The Hall–Kier alpha value is -6.00. The molecule has 0 saturated heterocycles. The fraction of sp³-hybridized carbons (Fsp3) is 0.103. The molecule has 0 aliphatic rings. The average molecular weight is 674 g/mol. The number of thioether (sulfide) groups is 1. The van der Waals surface area contributed by atoms with Crippen LogP contribution in [0, 0.1) is 0 Å². The number of methoxy groups -OCH3 is 3. The molecule has 1 unspecified atom stereocenters. The van der Waals surface area contributed by atoms with Crippen molar-refractivity contribution in [1.29, 1.82) is 0 Å². The molecule has 1 atom stereocenters. The molecule has 9 nitrogen and oxygen atoms in total. The van der Waals surface area contributed by atoms with Crippen molar-refractivity contribution in [2.75, 3.05) is 32.0 Å². The third-order valence-corrected chi connectivity index (χ3v) is 8.49. The number of amides is 3. The van der Waals surface area contributed by atoms with Gasteiger partial charge in [0.2, 0.25) is 5.91 Å². The van der Waals surface area contributed by atoms with E-state index in [-0.39, 0.29) is 11.6 Å². The number of carbonyl (C=O) groups excluding carboxylic acids is 3. The van der Waals surface area contributed by atoms with Crippen molar-refractivity contribution in [3.8, 4) is 17.2 Å². The summed E-state index contributed by atoms with van der Waals surface area (Å²) in [4.78, 5) is 41.3. The number of nitrogens with one attached hydrogen (secondary N) is 3. The topological polar surface area (TPSA) is 115 Å². The maximum Gasteiger partial charge on any atom is 0.272 e. The molecule has 10 heteroatoms. The van der Waals surface area contributed by atoms with Crippen LogP contribution in [0.2, 0.25) is 0 Å². The van der Waals surface area contributed by atoms with Crippen molar-refractivity contribution in [1.82, 2.24) is 5.32 Å². The van der Waals surface area contributed by atoms with E-state index in [0.717, 1.165) is 10.5 Å². The van der Waals surface area contributed by atoms with E-state index in [1.807, 2.05) is 42.5 Å². The fourth-order valence-electron chi connectivity index (χ4n) is 4.81. The molecular weight excluding hydrogens is 639 g/mol. The van der Waals surface area contributed by atoms with Crippen LogP contribution in [0.1, 0.15) is 26.7 Å². The molecule has 5 aromatic rings. The van der Waals surface area contributed by atoms with Crippen molar-refractivity contribution in [2.24, 2.45) is 0 Å². The van der Waals surface area contributed by atoms with Gasteiger partial charge in [-0.3, -0.25) is 14.4 Å². The summed E-state index contributed by atoms with van der Waals surface area (Å²) < 4.78 is 16.1. The van der Waals surface area contributed by atoms with Crippen LogP contribution in [-0.4, -0.2) is 39.1 Å². The Balaban J connectivity index is 1.39. The minimum atomic E-state index is -0.641. The first-order chi connectivity index (χ1) is 23.8. The summed E-state index contributed by atoms with van der Waals surface area (Å²) in [5, 5.41) is 8.00. The zero-order chi connectivity index (χ0) is 34.6. The zero-order valence-corrected chi connectivity index (χ0v) is 28.0. The maximum atomic E-state index is 13.8. The van der Waals surface area contributed by atoms with Gasteiger partial charge in [-0.2, -0.15) is 0 Å². The third kappa shape index (κ3) is 9.52. The molecule has 0 spiro atoms. The summed E-state index contributed by atoms with van der Waals surface area (Å²) in [7, 11) is 4.65. The first-order valence-corrected chi connectivity index (χ1v) is 16.1. The highest BCUT2D eigenvalue weighted by Crippen LogP contribution is 2.38. The molecule has 0 bridgehead atoms. The molecule has 0 fully saturated rings. The monoisotopic (exact) mass is 673 g/mol. The number of benzene rings is 5. The normalized spacial score (nSPS) is 11.5. The number of hydrogen-bond donors (Lipinski definition) is 3. The Morgan fingerprint density at radius 2 is 1.29 bits per heavy atom. The maximum absolute atomic E-state index is 13.8. The zero-order valence-electron chi connectivity index (χ0n) is 27.1. The molecule has 5 rings (SSSR count). The highest BCUT2D eigenvalue weighted by Gasteiger charge is 2.23. The molecule has 3 N–H and O–H groups in total. The molecule has 3 amide bonds. The van der Waals surface area contributed by atoms with Gasteiger partial charge in [0.15, 0.2) is 0 Å². The van der Waals surface area contributed by atoms with E-state index in [0.29, 0.717) is 39.8 Å². The van der Waals surface area contributed by atoms with Crippen molar-refractivity contribution in [3.63, 3.8) is 0 Å². The van der Waals surface area contributed by atoms with Gasteiger partial charge in [-0.1, -0.05) is 66.7 Å². The molecule has 49 heavy (non-hydrogen) atoms. The van der Waals surface area contributed by atoms with Crippen LogP contribution in [0.3, 0.4) is 0 Å². The highest BCUT2D eigenvalue weighted by molar-refractivity contribution is 8.00. The van der Waals surface area contributed by atoms with Crippen LogP contribution in [-0.2, 0) is 9.59 Å². The summed E-state index contributed by atoms with van der Waals surface area (Å²) in [6.07, 6.45) is 1.58. The van der Waals surface area contributed by atoms with Crippen LogP contribution >= 0.6 is 11.8 Å². The Kier molecular flexibility index (Phi) is 11.7. The van der Waals surface area contributed by atoms with E-state index >= 15 is 0 Å². The third-order valence-electron chi connectivity index (χ3n) is 7.24. The number of hydrogen-bond acceptors (Lipinski definition) is 7. The smallest absolute Gasteiger partial charge is 0.272 e. The van der Waals surface area contributed by atoms with E-state index in [1.54, 1.807) is 112 Å². The molecule has 0 aliphatic heterocycles. The van der Waals surface area contributed by atoms with Gasteiger partial charge in [0, 0.05) is 40.0 Å². The van der Waals surface area contributed by atoms with Crippen LogP contribution in [0.5, 0.6) is 17.2 Å². The van der Waals surface area contributed by atoms with E-state index in [9.17, 15) is 14.4 Å². The fourth-order valence-corrected chi connectivity index (χ4v) is 5.89. The van der Waals surface area contributed by atoms with Crippen molar-refractivity contribution in [3.05, 3.63) is 150 Å². The minimum absolute atomic E-state index is 0.0374. The SMILES string of the molecule is COc1cccc(/C=C(\NC(=O)c2ccccc2)C(=O)Nc2cccc(SC(C(=O)Nc3cc(OC)cc(OC)c3)c3ccccc3)c2)c1. The largest absolute Gasteiger partial charge is 0.497 e. The van der Waals surface area contributed by atoms with Gasteiger partial charge in [-0.25, -0.2) is 0 Å². The van der Waals surface area contributed by atoms with E-state index in [2.05, 4.69) is 16.0 Å². The van der Waals surface area contributed by atoms with Crippen LogP contribution < -0.4 is 30.2 Å². The first-order valence-electron chi connectivity index (χ1n) is 15.2. The molecule has 0 saturated carbocycles. The predicted octanol–water partition coefficient (Wildman–Crippen LogP) is 7.59. The molecule has 248 valence electrons. The van der Waals surface area contributed by atoms with Gasteiger partial charge in [-0.05, 0) is 59.7 Å². The van der Waals surface area contributed by atoms with Crippen molar-refractivity contribution in [2.45, 2.75) is 10.1 Å². The molecular formula is C39H35N3O6S. The molecule has 0 aliphatic carbocycles. The Morgan fingerprint density at radius 3 is 1.96 bits per heavy atom. The Morgan fingerprint density at radius 1 is 0.633 bits per heavy atom. The summed E-state index contributed by atoms with van der Waals surface area (Å²) in [5.41, 5.74) is 2.90. The Labute approximate surface area is 289 Å². The van der Waals surface area contributed by atoms with E-state index in [1.165, 1.54) is 11.8 Å². The molecule has 0 aromatic heterocycles. The van der Waals surface area contributed by atoms with Gasteiger partial charge >= 0.3 is 0 Å². The lowest BCUT2D eigenvalue weighted by molar-refractivity contribution is -0.116.